The van der Waals surface area contributed by atoms with E-state index in [1.54, 1.807) is 0 Å². The summed E-state index contributed by atoms with van der Waals surface area (Å²) in [6.07, 6.45) is 4.81. The summed E-state index contributed by atoms with van der Waals surface area (Å²) >= 11 is 0. The summed E-state index contributed by atoms with van der Waals surface area (Å²) in [6, 6.07) is 4.13. The summed E-state index contributed by atoms with van der Waals surface area (Å²) in [5.74, 6) is 0. The third kappa shape index (κ3) is 3.85. The topological polar surface area (TPSA) is 24.9 Å². The Balaban J connectivity index is 2.28. The van der Waals surface area contributed by atoms with Crippen molar-refractivity contribution >= 4 is 0 Å². The molecule has 0 aliphatic heterocycles. The maximum Gasteiger partial charge on any atom is 0.0541 e. The van der Waals surface area contributed by atoms with Crippen LogP contribution in [0.3, 0.4) is 0 Å². The molecule has 0 aliphatic rings. The molecule has 0 saturated carbocycles. The SMILES string of the molecule is C=CCCNCc1ccc(C)cn1. The first-order valence-corrected chi connectivity index (χ1v) is 4.56. The van der Waals surface area contributed by atoms with Crippen LogP contribution in [0, 0.1) is 6.92 Å². The molecule has 0 bridgehead atoms. The molecule has 0 atom stereocenters. The fraction of sp³-hybridized carbons (Fsp3) is 0.364. The van der Waals surface area contributed by atoms with Gasteiger partial charge in [0.1, 0.15) is 0 Å². The summed E-state index contributed by atoms with van der Waals surface area (Å²) in [6.45, 7) is 7.52. The molecule has 0 unspecified atom stereocenters. The zero-order valence-electron chi connectivity index (χ0n) is 8.09. The lowest BCUT2D eigenvalue weighted by molar-refractivity contribution is 0.682. The van der Waals surface area contributed by atoms with Crippen LogP contribution in [0.1, 0.15) is 17.7 Å². The van der Waals surface area contributed by atoms with Crippen molar-refractivity contribution in [3.63, 3.8) is 0 Å². The first kappa shape index (κ1) is 9.93. The van der Waals surface area contributed by atoms with Crippen LogP contribution in [0.4, 0.5) is 0 Å². The number of pyridine rings is 1. The number of hydrogen-bond donors (Lipinski definition) is 1. The van der Waals surface area contributed by atoms with E-state index in [-0.39, 0.29) is 0 Å². The van der Waals surface area contributed by atoms with E-state index in [1.165, 1.54) is 5.56 Å². The van der Waals surface area contributed by atoms with Crippen LogP contribution in [0.5, 0.6) is 0 Å². The molecule has 1 rings (SSSR count). The molecule has 0 spiro atoms. The van der Waals surface area contributed by atoms with Crippen molar-refractivity contribution in [3.05, 3.63) is 42.2 Å². The minimum absolute atomic E-state index is 0.841. The second-order valence-electron chi connectivity index (χ2n) is 3.08. The van der Waals surface area contributed by atoms with E-state index in [0.29, 0.717) is 0 Å². The minimum atomic E-state index is 0.841. The number of nitrogens with zero attached hydrogens (tertiary/aromatic N) is 1. The highest BCUT2D eigenvalue weighted by Crippen LogP contribution is 1.97. The summed E-state index contributed by atoms with van der Waals surface area (Å²) in [5.41, 5.74) is 2.30. The number of aryl methyl sites for hydroxylation is 1. The molecule has 1 heterocycles. The largest absolute Gasteiger partial charge is 0.311 e. The van der Waals surface area contributed by atoms with E-state index in [2.05, 4.69) is 29.0 Å². The molecule has 0 aromatic carbocycles. The Morgan fingerprint density at radius 1 is 1.54 bits per heavy atom. The fourth-order valence-electron chi connectivity index (χ4n) is 1.02. The van der Waals surface area contributed by atoms with E-state index >= 15 is 0 Å². The van der Waals surface area contributed by atoms with Crippen molar-refractivity contribution in [2.45, 2.75) is 19.9 Å². The van der Waals surface area contributed by atoms with Gasteiger partial charge < -0.3 is 5.32 Å². The second-order valence-corrected chi connectivity index (χ2v) is 3.08. The van der Waals surface area contributed by atoms with Gasteiger partial charge in [-0.25, -0.2) is 0 Å². The van der Waals surface area contributed by atoms with E-state index in [9.17, 15) is 0 Å². The number of aromatic nitrogens is 1. The van der Waals surface area contributed by atoms with Crippen LogP contribution in [0.25, 0.3) is 0 Å². The van der Waals surface area contributed by atoms with E-state index in [0.717, 1.165) is 25.2 Å². The average Bonchev–Trinajstić information content (AvgIpc) is 2.15. The van der Waals surface area contributed by atoms with Crippen molar-refractivity contribution in [2.75, 3.05) is 6.54 Å². The predicted octanol–water partition coefficient (Wildman–Crippen LogP) is 2.06. The average molecular weight is 176 g/mol. The smallest absolute Gasteiger partial charge is 0.0541 e. The van der Waals surface area contributed by atoms with Crippen molar-refractivity contribution in [2.24, 2.45) is 0 Å². The highest BCUT2D eigenvalue weighted by molar-refractivity contribution is 5.11. The molecule has 13 heavy (non-hydrogen) atoms. The normalized spacial score (nSPS) is 9.92. The van der Waals surface area contributed by atoms with E-state index in [1.807, 2.05) is 19.2 Å². The van der Waals surface area contributed by atoms with Crippen LogP contribution < -0.4 is 5.32 Å². The Morgan fingerprint density at radius 2 is 2.38 bits per heavy atom. The van der Waals surface area contributed by atoms with Gasteiger partial charge in [0, 0.05) is 12.7 Å². The molecule has 70 valence electrons. The Bertz CT molecular complexity index is 251. The van der Waals surface area contributed by atoms with E-state index in [4.69, 9.17) is 0 Å². The highest BCUT2D eigenvalue weighted by atomic mass is 14.9. The van der Waals surface area contributed by atoms with Gasteiger partial charge in [-0.1, -0.05) is 12.1 Å². The highest BCUT2D eigenvalue weighted by Gasteiger charge is 1.91. The molecule has 0 aliphatic carbocycles. The van der Waals surface area contributed by atoms with Crippen molar-refractivity contribution < 1.29 is 0 Å². The van der Waals surface area contributed by atoms with E-state index < -0.39 is 0 Å². The lowest BCUT2D eigenvalue weighted by Crippen LogP contribution is -2.14. The number of nitrogens with one attached hydrogen (secondary N) is 1. The first-order valence-electron chi connectivity index (χ1n) is 4.56. The molecular weight excluding hydrogens is 160 g/mol. The molecular formula is C11H16N2. The molecule has 2 heteroatoms. The van der Waals surface area contributed by atoms with Gasteiger partial charge in [-0.3, -0.25) is 4.98 Å². The lowest BCUT2D eigenvalue weighted by atomic mass is 10.3. The predicted molar refractivity (Wildman–Crippen MR) is 55.5 cm³/mol. The number of rotatable bonds is 5. The van der Waals surface area contributed by atoms with Crippen LogP contribution in [0.15, 0.2) is 31.0 Å². The Morgan fingerprint density at radius 3 is 3.00 bits per heavy atom. The second kappa shape index (κ2) is 5.49. The zero-order valence-corrected chi connectivity index (χ0v) is 8.09. The summed E-state index contributed by atoms with van der Waals surface area (Å²) in [4.78, 5) is 4.29. The molecule has 0 saturated heterocycles. The lowest BCUT2D eigenvalue weighted by Gasteiger charge is -2.02. The third-order valence-corrected chi connectivity index (χ3v) is 1.80. The monoisotopic (exact) mass is 176 g/mol. The van der Waals surface area contributed by atoms with Crippen LogP contribution >= 0.6 is 0 Å². The Kier molecular flexibility index (Phi) is 4.19. The Hall–Kier alpha value is -1.15. The molecule has 1 N–H and O–H groups in total. The van der Waals surface area contributed by atoms with Crippen LogP contribution in [-0.4, -0.2) is 11.5 Å². The molecule has 0 amide bonds. The summed E-state index contributed by atoms with van der Waals surface area (Å²) in [7, 11) is 0. The van der Waals surface area contributed by atoms with Crippen molar-refractivity contribution in [3.8, 4) is 0 Å². The quantitative estimate of drug-likeness (QED) is 0.548. The Labute approximate surface area is 79.7 Å². The minimum Gasteiger partial charge on any atom is -0.311 e. The summed E-state index contributed by atoms with van der Waals surface area (Å²) in [5, 5.41) is 3.29. The zero-order chi connectivity index (χ0) is 9.52. The van der Waals surface area contributed by atoms with Gasteiger partial charge in [0.15, 0.2) is 0 Å². The standard InChI is InChI=1S/C11H16N2/c1-3-4-7-12-9-11-6-5-10(2)8-13-11/h3,5-6,8,12H,1,4,7,9H2,2H3. The van der Waals surface area contributed by atoms with Crippen LogP contribution in [-0.2, 0) is 6.54 Å². The maximum atomic E-state index is 4.29. The van der Waals surface area contributed by atoms with Crippen LogP contribution in [0.2, 0.25) is 0 Å². The molecule has 1 aromatic heterocycles. The molecule has 0 radical (unpaired) electrons. The number of hydrogen-bond acceptors (Lipinski definition) is 2. The molecule has 0 fully saturated rings. The van der Waals surface area contributed by atoms with Gasteiger partial charge in [0.2, 0.25) is 0 Å². The first-order chi connectivity index (χ1) is 6.33. The van der Waals surface area contributed by atoms with Gasteiger partial charge in [-0.2, -0.15) is 0 Å². The van der Waals surface area contributed by atoms with Gasteiger partial charge in [0.05, 0.1) is 5.69 Å². The summed E-state index contributed by atoms with van der Waals surface area (Å²) < 4.78 is 0. The van der Waals surface area contributed by atoms with Gasteiger partial charge in [-0.05, 0) is 31.5 Å². The van der Waals surface area contributed by atoms with Crippen molar-refractivity contribution in [1.82, 2.24) is 10.3 Å². The fourth-order valence-corrected chi connectivity index (χ4v) is 1.02. The van der Waals surface area contributed by atoms with Gasteiger partial charge in [0.25, 0.3) is 0 Å². The molecule has 1 aromatic rings. The molecule has 2 nitrogen and oxygen atoms in total. The van der Waals surface area contributed by atoms with Crippen molar-refractivity contribution in [1.29, 1.82) is 0 Å². The third-order valence-electron chi connectivity index (χ3n) is 1.80. The van der Waals surface area contributed by atoms with Gasteiger partial charge in [-0.15, -0.1) is 6.58 Å². The van der Waals surface area contributed by atoms with Gasteiger partial charge >= 0.3 is 0 Å². The maximum absolute atomic E-state index is 4.29.